The maximum atomic E-state index is 14.5. The number of hydrogen-bond acceptors (Lipinski definition) is 4. The highest BCUT2D eigenvalue weighted by Crippen LogP contribution is 2.30. The SMILES string of the molecule is Cc1ccc(S(=O)(=O)N(CC(=O)N(Cc2ccc(Cl)c(Cl)c2)[C@H](Cc2ccccc2)C(=O)NC(C)C)c2ccc(C)c(Cl)c2)cc1. The van der Waals surface area contributed by atoms with Gasteiger partial charge in [0.2, 0.25) is 11.8 Å². The molecule has 0 radical (unpaired) electrons. The number of halogens is 3. The van der Waals surface area contributed by atoms with Crippen LogP contribution in [0.3, 0.4) is 0 Å². The number of amides is 2. The molecule has 0 bridgehead atoms. The van der Waals surface area contributed by atoms with E-state index < -0.39 is 28.5 Å². The van der Waals surface area contributed by atoms with Crippen molar-refractivity contribution in [3.8, 4) is 0 Å². The molecular formula is C35H36Cl3N3O4S. The summed E-state index contributed by atoms with van der Waals surface area (Å²) in [5.74, 6) is -0.975. The van der Waals surface area contributed by atoms with Gasteiger partial charge in [0, 0.05) is 24.0 Å². The van der Waals surface area contributed by atoms with Crippen molar-refractivity contribution in [1.29, 1.82) is 0 Å². The van der Waals surface area contributed by atoms with Gasteiger partial charge in [-0.3, -0.25) is 13.9 Å². The van der Waals surface area contributed by atoms with Crippen LogP contribution in [0.2, 0.25) is 15.1 Å². The summed E-state index contributed by atoms with van der Waals surface area (Å²) in [5.41, 5.74) is 3.29. The predicted molar refractivity (Wildman–Crippen MR) is 186 cm³/mol. The largest absolute Gasteiger partial charge is 0.352 e. The molecule has 1 atom stereocenters. The standard InChI is InChI=1S/C35H36Cl3N3O4S/c1-23(2)39-35(43)33(19-26-8-6-5-7-9-26)40(21-27-13-17-30(36)32(38)18-27)34(42)22-41(28-14-12-25(4)31(37)20-28)46(44,45)29-15-10-24(3)11-16-29/h5-18,20,23,33H,19,21-22H2,1-4H3,(H,39,43)/t33-/m1/s1. The highest BCUT2D eigenvalue weighted by molar-refractivity contribution is 7.92. The van der Waals surface area contributed by atoms with E-state index >= 15 is 0 Å². The van der Waals surface area contributed by atoms with Gasteiger partial charge in [0.05, 0.1) is 20.6 Å². The Bertz CT molecular complexity index is 1800. The molecule has 0 aromatic heterocycles. The second kappa shape index (κ2) is 15.4. The van der Waals surface area contributed by atoms with Crippen LogP contribution in [0.4, 0.5) is 5.69 Å². The van der Waals surface area contributed by atoms with Crippen molar-refractivity contribution in [1.82, 2.24) is 10.2 Å². The third-order valence-electron chi connectivity index (χ3n) is 7.37. The maximum absolute atomic E-state index is 14.5. The van der Waals surface area contributed by atoms with Gasteiger partial charge in [0.25, 0.3) is 10.0 Å². The zero-order valence-corrected chi connectivity index (χ0v) is 29.1. The molecule has 0 saturated carbocycles. The van der Waals surface area contributed by atoms with Gasteiger partial charge in [0.1, 0.15) is 12.6 Å². The van der Waals surface area contributed by atoms with Gasteiger partial charge < -0.3 is 10.2 Å². The highest BCUT2D eigenvalue weighted by atomic mass is 35.5. The van der Waals surface area contributed by atoms with Crippen molar-refractivity contribution in [3.63, 3.8) is 0 Å². The normalized spacial score (nSPS) is 12.1. The molecule has 11 heteroatoms. The van der Waals surface area contributed by atoms with E-state index in [1.54, 1.807) is 49.4 Å². The van der Waals surface area contributed by atoms with E-state index in [1.807, 2.05) is 51.1 Å². The molecule has 4 aromatic rings. The van der Waals surface area contributed by atoms with Gasteiger partial charge in [-0.05, 0) is 80.8 Å². The summed E-state index contributed by atoms with van der Waals surface area (Å²) >= 11 is 19.0. The first-order valence-corrected chi connectivity index (χ1v) is 17.3. The van der Waals surface area contributed by atoms with Crippen LogP contribution in [-0.2, 0) is 32.6 Å². The van der Waals surface area contributed by atoms with Gasteiger partial charge in [0.15, 0.2) is 0 Å². The topological polar surface area (TPSA) is 86.8 Å². The molecule has 0 spiro atoms. The van der Waals surface area contributed by atoms with E-state index in [9.17, 15) is 18.0 Å². The smallest absolute Gasteiger partial charge is 0.264 e. The maximum Gasteiger partial charge on any atom is 0.264 e. The lowest BCUT2D eigenvalue weighted by Crippen LogP contribution is -2.54. The van der Waals surface area contributed by atoms with Crippen LogP contribution in [0.25, 0.3) is 0 Å². The van der Waals surface area contributed by atoms with E-state index in [2.05, 4.69) is 5.32 Å². The first-order chi connectivity index (χ1) is 21.8. The lowest BCUT2D eigenvalue weighted by Gasteiger charge is -2.34. The molecule has 242 valence electrons. The van der Waals surface area contributed by atoms with Crippen LogP contribution in [0.5, 0.6) is 0 Å². The molecule has 0 aliphatic heterocycles. The van der Waals surface area contributed by atoms with Crippen LogP contribution in [-0.4, -0.2) is 43.8 Å². The Labute approximate surface area is 286 Å². The fraction of sp³-hybridized carbons (Fsp3) is 0.257. The molecule has 4 aromatic carbocycles. The minimum atomic E-state index is -4.25. The number of hydrogen-bond donors (Lipinski definition) is 1. The van der Waals surface area contributed by atoms with Crippen LogP contribution < -0.4 is 9.62 Å². The van der Waals surface area contributed by atoms with Crippen molar-refractivity contribution in [2.75, 3.05) is 10.8 Å². The Hall–Kier alpha value is -3.56. The fourth-order valence-electron chi connectivity index (χ4n) is 4.87. The quantitative estimate of drug-likeness (QED) is 0.165. The van der Waals surface area contributed by atoms with Gasteiger partial charge in [-0.2, -0.15) is 0 Å². The zero-order chi connectivity index (χ0) is 33.6. The highest BCUT2D eigenvalue weighted by Gasteiger charge is 2.35. The second-order valence-corrected chi connectivity index (χ2v) is 14.5. The lowest BCUT2D eigenvalue weighted by molar-refractivity contribution is -0.140. The number of carbonyl (C=O) groups is 2. The minimum Gasteiger partial charge on any atom is -0.352 e. The van der Waals surface area contributed by atoms with Crippen LogP contribution in [0, 0.1) is 13.8 Å². The van der Waals surface area contributed by atoms with Crippen LogP contribution in [0.1, 0.15) is 36.1 Å². The van der Waals surface area contributed by atoms with Crippen molar-refractivity contribution in [3.05, 3.63) is 128 Å². The molecule has 7 nitrogen and oxygen atoms in total. The third kappa shape index (κ3) is 8.82. The fourth-order valence-corrected chi connectivity index (χ4v) is 6.77. The first kappa shape index (κ1) is 35.3. The van der Waals surface area contributed by atoms with Gasteiger partial charge in [-0.25, -0.2) is 8.42 Å². The van der Waals surface area contributed by atoms with Crippen molar-refractivity contribution >= 4 is 62.3 Å². The molecule has 46 heavy (non-hydrogen) atoms. The number of nitrogens with zero attached hydrogens (tertiary/aromatic N) is 2. The second-order valence-electron chi connectivity index (χ2n) is 11.4. The summed E-state index contributed by atoms with van der Waals surface area (Å²) in [4.78, 5) is 29.8. The van der Waals surface area contributed by atoms with Gasteiger partial charge in [-0.1, -0.05) is 95.0 Å². The molecule has 0 heterocycles. The Balaban J connectivity index is 1.84. The molecule has 0 fully saturated rings. The van der Waals surface area contributed by atoms with Crippen LogP contribution in [0.15, 0.2) is 95.9 Å². The predicted octanol–water partition coefficient (Wildman–Crippen LogP) is 7.62. The van der Waals surface area contributed by atoms with E-state index in [1.165, 1.54) is 23.1 Å². The number of benzene rings is 4. The summed E-state index contributed by atoms with van der Waals surface area (Å²) in [6.45, 7) is 6.69. The number of anilines is 1. The van der Waals surface area contributed by atoms with Crippen molar-refractivity contribution in [2.24, 2.45) is 0 Å². The molecule has 0 unspecified atom stereocenters. The van der Waals surface area contributed by atoms with Crippen molar-refractivity contribution in [2.45, 2.75) is 57.6 Å². The number of nitrogens with one attached hydrogen (secondary N) is 1. The molecular weight excluding hydrogens is 665 g/mol. The van der Waals surface area contributed by atoms with E-state index in [-0.39, 0.29) is 40.5 Å². The Kier molecular flexibility index (Phi) is 11.8. The average molecular weight is 701 g/mol. The molecule has 4 rings (SSSR count). The van der Waals surface area contributed by atoms with Gasteiger partial charge in [-0.15, -0.1) is 0 Å². The Morgan fingerprint density at radius 3 is 2.07 bits per heavy atom. The average Bonchev–Trinajstić information content (AvgIpc) is 3.01. The molecule has 0 saturated heterocycles. The summed E-state index contributed by atoms with van der Waals surface area (Å²) in [6.07, 6.45) is 0.188. The Morgan fingerprint density at radius 2 is 1.46 bits per heavy atom. The van der Waals surface area contributed by atoms with Gasteiger partial charge >= 0.3 is 0 Å². The van der Waals surface area contributed by atoms with Crippen LogP contribution >= 0.6 is 34.8 Å². The molecule has 0 aliphatic carbocycles. The lowest BCUT2D eigenvalue weighted by atomic mass is 10.0. The molecule has 0 aliphatic rings. The number of aryl methyl sites for hydroxylation is 2. The monoisotopic (exact) mass is 699 g/mol. The number of sulfonamides is 1. The Morgan fingerprint density at radius 1 is 0.783 bits per heavy atom. The summed E-state index contributed by atoms with van der Waals surface area (Å²) in [7, 11) is -4.25. The van der Waals surface area contributed by atoms with Crippen molar-refractivity contribution < 1.29 is 18.0 Å². The summed E-state index contributed by atoms with van der Waals surface area (Å²) < 4.78 is 29.4. The molecule has 1 N–H and O–H groups in total. The van der Waals surface area contributed by atoms with E-state index in [0.29, 0.717) is 15.6 Å². The number of carbonyl (C=O) groups excluding carboxylic acids is 2. The van der Waals surface area contributed by atoms with E-state index in [0.717, 1.165) is 21.0 Å². The summed E-state index contributed by atoms with van der Waals surface area (Å²) in [5, 5.41) is 3.91. The number of rotatable bonds is 12. The first-order valence-electron chi connectivity index (χ1n) is 14.7. The summed E-state index contributed by atoms with van der Waals surface area (Å²) in [6, 6.07) is 24.3. The third-order valence-corrected chi connectivity index (χ3v) is 10.3. The minimum absolute atomic E-state index is 0.0111. The van der Waals surface area contributed by atoms with E-state index in [4.69, 9.17) is 34.8 Å². The molecule has 2 amide bonds. The zero-order valence-electron chi connectivity index (χ0n) is 26.0.